The number of aliphatic hydroxyl groups is 1. The summed E-state index contributed by atoms with van der Waals surface area (Å²) in [5.41, 5.74) is -0.568. The van der Waals surface area contributed by atoms with E-state index in [0.29, 0.717) is 13.1 Å². The van der Waals surface area contributed by atoms with Gasteiger partial charge in [-0.15, -0.1) is 0 Å². The summed E-state index contributed by atoms with van der Waals surface area (Å²) in [5, 5.41) is 9.00. The molecule has 86 valence electrons. The molecule has 0 aromatic carbocycles. The van der Waals surface area contributed by atoms with Crippen LogP contribution in [-0.4, -0.2) is 43.3 Å². The molecule has 0 rings (SSSR count). The summed E-state index contributed by atoms with van der Waals surface area (Å²) in [6, 6.07) is 0. The van der Waals surface area contributed by atoms with Crippen molar-refractivity contribution in [2.24, 2.45) is 5.41 Å². The first-order chi connectivity index (χ1) is 6.29. The summed E-state index contributed by atoms with van der Waals surface area (Å²) < 4.78 is 25.0. The Morgan fingerprint density at radius 1 is 1.21 bits per heavy atom. The lowest BCUT2D eigenvalue weighted by molar-refractivity contribution is 0.177. The van der Waals surface area contributed by atoms with Crippen molar-refractivity contribution in [1.82, 2.24) is 4.31 Å². The molecule has 0 saturated heterocycles. The topological polar surface area (TPSA) is 57.6 Å². The van der Waals surface area contributed by atoms with Crippen molar-refractivity contribution in [2.45, 2.75) is 27.7 Å². The molecular formula is C9H21NO3S. The average Bonchev–Trinajstić information content (AvgIpc) is 2.04. The molecule has 0 aliphatic carbocycles. The molecule has 14 heavy (non-hydrogen) atoms. The Kier molecular flexibility index (Phi) is 5.05. The Labute approximate surface area is 87.0 Å². The summed E-state index contributed by atoms with van der Waals surface area (Å²) in [6.45, 7) is 7.97. The molecule has 0 atom stereocenters. The Bertz CT molecular complexity index is 255. The first-order valence-electron chi connectivity index (χ1n) is 4.87. The van der Waals surface area contributed by atoms with E-state index in [-0.39, 0.29) is 12.4 Å². The summed E-state index contributed by atoms with van der Waals surface area (Å²) >= 11 is 0. The normalized spacial score (nSPS) is 13.6. The van der Waals surface area contributed by atoms with Crippen molar-refractivity contribution in [3.05, 3.63) is 0 Å². The van der Waals surface area contributed by atoms with Crippen LogP contribution < -0.4 is 0 Å². The van der Waals surface area contributed by atoms with Crippen molar-refractivity contribution in [1.29, 1.82) is 0 Å². The zero-order valence-electron chi connectivity index (χ0n) is 9.45. The number of rotatable bonds is 6. The van der Waals surface area contributed by atoms with E-state index in [1.165, 1.54) is 4.31 Å². The van der Waals surface area contributed by atoms with Gasteiger partial charge in [-0.05, 0) is 0 Å². The van der Waals surface area contributed by atoms with E-state index < -0.39 is 15.4 Å². The third-order valence-electron chi connectivity index (χ3n) is 2.10. The van der Waals surface area contributed by atoms with Crippen molar-refractivity contribution < 1.29 is 13.5 Å². The van der Waals surface area contributed by atoms with Gasteiger partial charge in [0.15, 0.2) is 0 Å². The van der Waals surface area contributed by atoms with Crippen molar-refractivity contribution >= 4 is 10.0 Å². The highest BCUT2D eigenvalue weighted by Crippen LogP contribution is 2.18. The van der Waals surface area contributed by atoms with E-state index in [0.717, 1.165) is 0 Å². The fourth-order valence-corrected chi connectivity index (χ4v) is 3.30. The zero-order chi connectivity index (χ0) is 11.4. The van der Waals surface area contributed by atoms with Gasteiger partial charge < -0.3 is 5.11 Å². The number of nitrogens with zero attached hydrogens (tertiary/aromatic N) is 1. The van der Waals surface area contributed by atoms with Crippen LogP contribution in [0, 0.1) is 5.41 Å². The Hall–Kier alpha value is -0.130. The van der Waals surface area contributed by atoms with Crippen LogP contribution in [-0.2, 0) is 10.0 Å². The number of aliphatic hydroxyl groups excluding tert-OH is 1. The van der Waals surface area contributed by atoms with Crippen molar-refractivity contribution in [3.63, 3.8) is 0 Å². The molecule has 0 bridgehead atoms. The minimum absolute atomic E-state index is 0.00181. The highest BCUT2D eigenvalue weighted by molar-refractivity contribution is 7.89. The van der Waals surface area contributed by atoms with Crippen molar-refractivity contribution in [3.8, 4) is 0 Å². The molecule has 0 radical (unpaired) electrons. The minimum Gasteiger partial charge on any atom is -0.396 e. The number of hydrogen-bond acceptors (Lipinski definition) is 3. The van der Waals surface area contributed by atoms with Gasteiger partial charge in [-0.25, -0.2) is 12.7 Å². The van der Waals surface area contributed by atoms with Gasteiger partial charge in [0, 0.05) is 25.1 Å². The summed E-state index contributed by atoms with van der Waals surface area (Å²) in [7, 11) is -3.22. The molecule has 0 spiro atoms. The second kappa shape index (κ2) is 5.09. The Balaban J connectivity index is 4.64. The molecule has 0 heterocycles. The fourth-order valence-electron chi connectivity index (χ4n) is 1.25. The molecule has 0 saturated carbocycles. The zero-order valence-corrected chi connectivity index (χ0v) is 10.3. The van der Waals surface area contributed by atoms with Gasteiger partial charge in [0.05, 0.1) is 5.75 Å². The molecule has 1 N–H and O–H groups in total. The Morgan fingerprint density at radius 2 is 1.64 bits per heavy atom. The molecule has 0 aliphatic rings. The van der Waals surface area contributed by atoms with Crippen LogP contribution in [0.3, 0.4) is 0 Å². The number of sulfonamides is 1. The van der Waals surface area contributed by atoms with Gasteiger partial charge in [0.25, 0.3) is 0 Å². The highest BCUT2D eigenvalue weighted by Gasteiger charge is 2.28. The second-order valence-electron chi connectivity index (χ2n) is 4.16. The van der Waals surface area contributed by atoms with E-state index in [1.807, 2.05) is 13.8 Å². The second-order valence-corrected chi connectivity index (χ2v) is 6.13. The maximum Gasteiger partial charge on any atom is 0.214 e. The summed E-state index contributed by atoms with van der Waals surface area (Å²) in [5.74, 6) is -0.00181. The predicted molar refractivity (Wildman–Crippen MR) is 57.6 cm³/mol. The van der Waals surface area contributed by atoms with Gasteiger partial charge in [-0.2, -0.15) is 0 Å². The lowest BCUT2D eigenvalue weighted by atomic mass is 9.98. The standard InChI is InChI=1S/C9H21NO3S/c1-5-10(6-2)14(12,13)8-9(3,4)7-11/h11H,5-8H2,1-4H3. The third-order valence-corrected chi connectivity index (χ3v) is 4.55. The van der Waals surface area contributed by atoms with E-state index in [2.05, 4.69) is 0 Å². The van der Waals surface area contributed by atoms with Crippen LogP contribution >= 0.6 is 0 Å². The van der Waals surface area contributed by atoms with E-state index in [9.17, 15) is 8.42 Å². The molecule has 0 aromatic heterocycles. The predicted octanol–water partition coefficient (Wildman–Crippen LogP) is 0.676. The molecule has 0 amide bonds. The number of hydrogen-bond donors (Lipinski definition) is 1. The molecule has 0 unspecified atom stereocenters. The molecule has 0 aliphatic heterocycles. The van der Waals surface area contributed by atoms with Crippen LogP contribution in [0.15, 0.2) is 0 Å². The highest BCUT2D eigenvalue weighted by atomic mass is 32.2. The largest absolute Gasteiger partial charge is 0.396 e. The van der Waals surface area contributed by atoms with Crippen LogP contribution in [0.25, 0.3) is 0 Å². The lowest BCUT2D eigenvalue weighted by Crippen LogP contribution is -2.38. The Morgan fingerprint density at radius 3 is 1.93 bits per heavy atom. The van der Waals surface area contributed by atoms with Gasteiger partial charge in [-0.1, -0.05) is 27.7 Å². The van der Waals surface area contributed by atoms with Gasteiger partial charge >= 0.3 is 0 Å². The van der Waals surface area contributed by atoms with Gasteiger partial charge in [0.2, 0.25) is 10.0 Å². The van der Waals surface area contributed by atoms with E-state index in [4.69, 9.17) is 5.11 Å². The maximum atomic E-state index is 11.8. The lowest BCUT2D eigenvalue weighted by Gasteiger charge is -2.26. The smallest absolute Gasteiger partial charge is 0.214 e. The van der Waals surface area contributed by atoms with Crippen LogP contribution in [0.5, 0.6) is 0 Å². The molecule has 5 heteroatoms. The van der Waals surface area contributed by atoms with Gasteiger partial charge in [-0.3, -0.25) is 0 Å². The van der Waals surface area contributed by atoms with Crippen molar-refractivity contribution in [2.75, 3.05) is 25.4 Å². The van der Waals surface area contributed by atoms with Crippen LogP contribution in [0.1, 0.15) is 27.7 Å². The molecule has 0 fully saturated rings. The average molecular weight is 223 g/mol. The summed E-state index contributed by atoms with van der Waals surface area (Å²) in [4.78, 5) is 0. The molecule has 4 nitrogen and oxygen atoms in total. The first-order valence-corrected chi connectivity index (χ1v) is 6.48. The molecular weight excluding hydrogens is 202 g/mol. The molecule has 0 aromatic rings. The SMILES string of the molecule is CCN(CC)S(=O)(=O)CC(C)(C)CO. The monoisotopic (exact) mass is 223 g/mol. The van der Waals surface area contributed by atoms with E-state index >= 15 is 0 Å². The first kappa shape index (κ1) is 13.9. The fraction of sp³-hybridized carbons (Fsp3) is 1.00. The van der Waals surface area contributed by atoms with Crippen LogP contribution in [0.4, 0.5) is 0 Å². The van der Waals surface area contributed by atoms with E-state index in [1.54, 1.807) is 13.8 Å². The van der Waals surface area contributed by atoms with Gasteiger partial charge in [0.1, 0.15) is 0 Å². The quantitative estimate of drug-likeness (QED) is 0.720. The van der Waals surface area contributed by atoms with Crippen LogP contribution in [0.2, 0.25) is 0 Å². The summed E-state index contributed by atoms with van der Waals surface area (Å²) in [6.07, 6.45) is 0. The minimum atomic E-state index is -3.22. The third kappa shape index (κ3) is 3.94. The maximum absolute atomic E-state index is 11.8.